The molecule has 3 aromatic rings. The molecule has 0 radical (unpaired) electrons. The number of carbonyl (C=O) groups is 1. The maximum atomic E-state index is 13.1. The van der Waals surface area contributed by atoms with Crippen LogP contribution in [0.15, 0.2) is 48.5 Å². The molecule has 7 heteroatoms. The van der Waals surface area contributed by atoms with E-state index in [1.807, 2.05) is 38.1 Å². The molecular formula is C18H18FN5O. The molecule has 6 nitrogen and oxygen atoms in total. The average Bonchev–Trinajstić information content (AvgIpc) is 3.06. The predicted molar refractivity (Wildman–Crippen MR) is 92.4 cm³/mol. The maximum absolute atomic E-state index is 13.1. The van der Waals surface area contributed by atoms with Gasteiger partial charge in [-0.3, -0.25) is 4.79 Å². The second kappa shape index (κ2) is 7.21. The van der Waals surface area contributed by atoms with E-state index in [0.717, 1.165) is 11.1 Å². The van der Waals surface area contributed by atoms with Crippen molar-refractivity contribution in [3.05, 3.63) is 59.9 Å². The van der Waals surface area contributed by atoms with Gasteiger partial charge in [0.1, 0.15) is 12.4 Å². The van der Waals surface area contributed by atoms with Gasteiger partial charge in [0.2, 0.25) is 5.82 Å². The number of benzene rings is 2. The third kappa shape index (κ3) is 3.71. The van der Waals surface area contributed by atoms with Gasteiger partial charge >= 0.3 is 0 Å². The van der Waals surface area contributed by atoms with E-state index >= 15 is 0 Å². The Balaban J connectivity index is 1.76. The molecule has 0 unspecified atom stereocenters. The van der Waals surface area contributed by atoms with Gasteiger partial charge in [0.05, 0.1) is 0 Å². The molecule has 1 amide bonds. The molecule has 0 aliphatic heterocycles. The lowest BCUT2D eigenvalue weighted by Crippen LogP contribution is -2.34. The Kier molecular flexibility index (Phi) is 4.83. The van der Waals surface area contributed by atoms with Gasteiger partial charge in [0.15, 0.2) is 0 Å². The summed E-state index contributed by atoms with van der Waals surface area (Å²) in [6.07, 6.45) is 0. The van der Waals surface area contributed by atoms with Crippen molar-refractivity contribution in [3.8, 4) is 11.4 Å². The summed E-state index contributed by atoms with van der Waals surface area (Å²) < 4.78 is 13.1. The number of halogens is 1. The van der Waals surface area contributed by atoms with Crippen LogP contribution in [0, 0.1) is 12.7 Å². The molecule has 0 saturated heterocycles. The number of aromatic nitrogens is 4. The Morgan fingerprint density at radius 1 is 1.16 bits per heavy atom. The third-order valence-corrected chi connectivity index (χ3v) is 3.87. The minimum absolute atomic E-state index is 0.0376. The predicted octanol–water partition coefficient (Wildman–Crippen LogP) is 2.84. The summed E-state index contributed by atoms with van der Waals surface area (Å²) in [5.74, 6) is -0.0494. The van der Waals surface area contributed by atoms with Crippen LogP contribution in [-0.4, -0.2) is 32.7 Å². The third-order valence-electron chi connectivity index (χ3n) is 3.87. The monoisotopic (exact) mass is 339 g/mol. The van der Waals surface area contributed by atoms with Gasteiger partial charge in [0, 0.05) is 17.8 Å². The molecule has 0 spiro atoms. The smallest absolute Gasteiger partial charge is 0.250 e. The molecule has 25 heavy (non-hydrogen) atoms. The minimum Gasteiger partial charge on any atom is -0.311 e. The van der Waals surface area contributed by atoms with E-state index in [1.54, 1.807) is 17.0 Å². The van der Waals surface area contributed by atoms with E-state index in [4.69, 9.17) is 0 Å². The highest BCUT2D eigenvalue weighted by Crippen LogP contribution is 2.18. The van der Waals surface area contributed by atoms with Gasteiger partial charge in [-0.05, 0) is 48.9 Å². The number of likely N-dealkylation sites (N-methyl/N-ethyl adjacent to an activating group) is 1. The lowest BCUT2D eigenvalue weighted by Gasteiger charge is -2.20. The molecule has 0 fully saturated rings. The molecule has 1 heterocycles. The van der Waals surface area contributed by atoms with Crippen molar-refractivity contribution in [2.24, 2.45) is 0 Å². The van der Waals surface area contributed by atoms with Crippen LogP contribution in [0.1, 0.15) is 12.5 Å². The summed E-state index contributed by atoms with van der Waals surface area (Å²) in [7, 11) is 0. The first-order valence-corrected chi connectivity index (χ1v) is 7.98. The van der Waals surface area contributed by atoms with Gasteiger partial charge < -0.3 is 4.90 Å². The normalized spacial score (nSPS) is 10.7. The summed E-state index contributed by atoms with van der Waals surface area (Å²) >= 11 is 0. The average molecular weight is 339 g/mol. The number of hydrogen-bond acceptors (Lipinski definition) is 4. The van der Waals surface area contributed by atoms with Gasteiger partial charge in [-0.15, -0.1) is 10.2 Å². The quantitative estimate of drug-likeness (QED) is 0.717. The summed E-state index contributed by atoms with van der Waals surface area (Å²) in [6.45, 7) is 4.25. The minimum atomic E-state index is -0.340. The molecular weight excluding hydrogens is 321 g/mol. The van der Waals surface area contributed by atoms with Crippen LogP contribution in [0.3, 0.4) is 0 Å². The number of nitrogens with zero attached hydrogens (tertiary/aromatic N) is 5. The highest BCUT2D eigenvalue weighted by atomic mass is 19.1. The molecule has 3 rings (SSSR count). The van der Waals surface area contributed by atoms with Crippen LogP contribution in [0.25, 0.3) is 11.4 Å². The van der Waals surface area contributed by atoms with Crippen molar-refractivity contribution in [2.75, 3.05) is 11.4 Å². The first-order chi connectivity index (χ1) is 12.1. The Morgan fingerprint density at radius 2 is 1.88 bits per heavy atom. The van der Waals surface area contributed by atoms with Crippen LogP contribution < -0.4 is 4.90 Å². The maximum Gasteiger partial charge on any atom is 0.250 e. The van der Waals surface area contributed by atoms with Gasteiger partial charge in [0.25, 0.3) is 5.91 Å². The zero-order valence-electron chi connectivity index (χ0n) is 14.1. The van der Waals surface area contributed by atoms with Crippen molar-refractivity contribution in [1.29, 1.82) is 0 Å². The Labute approximate surface area is 144 Å². The molecule has 0 aliphatic rings. The highest BCUT2D eigenvalue weighted by molar-refractivity contribution is 5.93. The van der Waals surface area contributed by atoms with E-state index in [-0.39, 0.29) is 18.3 Å². The highest BCUT2D eigenvalue weighted by Gasteiger charge is 2.17. The molecule has 0 aliphatic carbocycles. The van der Waals surface area contributed by atoms with Crippen molar-refractivity contribution in [1.82, 2.24) is 20.2 Å². The van der Waals surface area contributed by atoms with E-state index in [0.29, 0.717) is 18.1 Å². The zero-order chi connectivity index (χ0) is 17.8. The second-order valence-electron chi connectivity index (χ2n) is 5.57. The van der Waals surface area contributed by atoms with E-state index in [1.165, 1.54) is 16.9 Å². The van der Waals surface area contributed by atoms with Gasteiger partial charge in [-0.25, -0.2) is 4.39 Å². The van der Waals surface area contributed by atoms with Crippen LogP contribution in [0.2, 0.25) is 0 Å². The molecule has 1 aromatic heterocycles. The summed E-state index contributed by atoms with van der Waals surface area (Å²) in [5.41, 5.74) is 2.55. The van der Waals surface area contributed by atoms with Crippen molar-refractivity contribution < 1.29 is 9.18 Å². The fraction of sp³-hybridized carbons (Fsp3) is 0.222. The Hall–Kier alpha value is -3.09. The number of hydrogen-bond donors (Lipinski definition) is 0. The van der Waals surface area contributed by atoms with E-state index in [9.17, 15) is 9.18 Å². The van der Waals surface area contributed by atoms with Gasteiger partial charge in [-0.2, -0.15) is 4.80 Å². The first-order valence-electron chi connectivity index (χ1n) is 7.98. The van der Waals surface area contributed by atoms with Crippen LogP contribution in [-0.2, 0) is 11.3 Å². The fourth-order valence-electron chi connectivity index (χ4n) is 2.57. The summed E-state index contributed by atoms with van der Waals surface area (Å²) in [6, 6.07) is 13.5. The molecule has 0 N–H and O–H groups in total. The lowest BCUT2D eigenvalue weighted by atomic mass is 10.1. The van der Waals surface area contributed by atoms with Gasteiger partial charge in [-0.1, -0.05) is 24.3 Å². The SMILES string of the molecule is CCN(C(=O)Cn1nnc(-c2ccccc2C)n1)c1ccc(F)cc1. The van der Waals surface area contributed by atoms with Crippen molar-refractivity contribution >= 4 is 11.6 Å². The number of rotatable bonds is 5. The molecule has 0 atom stereocenters. The fourth-order valence-corrected chi connectivity index (χ4v) is 2.57. The number of anilines is 1. The van der Waals surface area contributed by atoms with Crippen molar-refractivity contribution in [3.63, 3.8) is 0 Å². The van der Waals surface area contributed by atoms with Crippen molar-refractivity contribution in [2.45, 2.75) is 20.4 Å². The standard InChI is InChI=1S/C18H18FN5O/c1-3-23(15-10-8-14(19)9-11-15)17(25)12-24-21-18(20-22-24)16-7-5-4-6-13(16)2/h4-11H,3,12H2,1-2H3. The van der Waals surface area contributed by atoms with Crippen LogP contribution in [0.5, 0.6) is 0 Å². The molecule has 2 aromatic carbocycles. The number of amides is 1. The summed E-state index contributed by atoms with van der Waals surface area (Å²) in [4.78, 5) is 15.4. The molecule has 0 saturated carbocycles. The van der Waals surface area contributed by atoms with E-state index < -0.39 is 0 Å². The summed E-state index contributed by atoms with van der Waals surface area (Å²) in [5, 5.41) is 12.3. The number of aryl methyl sites for hydroxylation is 1. The second-order valence-corrected chi connectivity index (χ2v) is 5.57. The largest absolute Gasteiger partial charge is 0.311 e. The Bertz CT molecular complexity index is 875. The van der Waals surface area contributed by atoms with Crippen LogP contribution >= 0.6 is 0 Å². The molecule has 128 valence electrons. The molecule has 0 bridgehead atoms. The lowest BCUT2D eigenvalue weighted by molar-refractivity contribution is -0.119. The van der Waals surface area contributed by atoms with E-state index in [2.05, 4.69) is 15.4 Å². The Morgan fingerprint density at radius 3 is 2.56 bits per heavy atom. The number of tetrazole rings is 1. The van der Waals surface area contributed by atoms with Crippen LogP contribution in [0.4, 0.5) is 10.1 Å². The zero-order valence-corrected chi connectivity index (χ0v) is 14.1. The number of carbonyl (C=O) groups excluding carboxylic acids is 1. The first kappa shape index (κ1) is 16.8. The topological polar surface area (TPSA) is 63.9 Å².